The topological polar surface area (TPSA) is 58.6 Å². The van der Waals surface area contributed by atoms with Gasteiger partial charge in [0.2, 0.25) is 5.91 Å². The van der Waals surface area contributed by atoms with Crippen molar-refractivity contribution in [3.63, 3.8) is 0 Å². The molecule has 0 aromatic heterocycles. The lowest BCUT2D eigenvalue weighted by Gasteiger charge is -2.38. The number of carbonyl (C=O) groups is 2. The number of hydrogen-bond acceptors (Lipinski definition) is 4. The molecule has 1 aliphatic heterocycles. The van der Waals surface area contributed by atoms with Gasteiger partial charge in [0.1, 0.15) is 12.1 Å². The van der Waals surface area contributed by atoms with Gasteiger partial charge in [-0.1, -0.05) is 39.3 Å². The molecular weight excluding hydrogens is 292 g/mol. The Hall–Kier alpha value is -2.04. The third-order valence-electron chi connectivity index (χ3n) is 4.03. The Morgan fingerprint density at radius 1 is 1.26 bits per heavy atom. The summed E-state index contributed by atoms with van der Waals surface area (Å²) < 4.78 is 5.30. The predicted octanol–water partition coefficient (Wildman–Crippen LogP) is 3.35. The number of fused-ring (bicyclic) bond motifs is 1. The van der Waals surface area contributed by atoms with Crippen LogP contribution in [0.15, 0.2) is 24.3 Å². The van der Waals surface area contributed by atoms with Gasteiger partial charge in [-0.15, -0.1) is 0 Å². The van der Waals surface area contributed by atoms with Crippen LogP contribution in [0.5, 0.6) is 0 Å². The van der Waals surface area contributed by atoms with Crippen molar-refractivity contribution in [3.8, 4) is 0 Å². The molecule has 2 rings (SSSR count). The molecular formula is C18H26N2O3. The number of ether oxygens (including phenoxy) is 1. The molecule has 0 saturated carbocycles. The highest BCUT2D eigenvalue weighted by molar-refractivity contribution is 6.08. The van der Waals surface area contributed by atoms with E-state index >= 15 is 0 Å². The quantitative estimate of drug-likeness (QED) is 0.783. The van der Waals surface area contributed by atoms with Gasteiger partial charge in [-0.25, -0.2) is 4.79 Å². The van der Waals surface area contributed by atoms with Crippen molar-refractivity contribution in [3.05, 3.63) is 24.3 Å². The molecule has 23 heavy (non-hydrogen) atoms. The smallest absolute Gasteiger partial charge is 0.329 e. The molecule has 0 saturated heterocycles. The number of anilines is 2. The van der Waals surface area contributed by atoms with Crippen molar-refractivity contribution in [2.24, 2.45) is 0 Å². The number of esters is 1. The first kappa shape index (κ1) is 17.3. The first-order valence-electron chi connectivity index (χ1n) is 8.49. The van der Waals surface area contributed by atoms with Gasteiger partial charge < -0.3 is 10.1 Å². The van der Waals surface area contributed by atoms with E-state index in [1.807, 2.05) is 45.0 Å². The van der Waals surface area contributed by atoms with Gasteiger partial charge in [0.25, 0.3) is 0 Å². The van der Waals surface area contributed by atoms with Crippen molar-refractivity contribution in [1.82, 2.24) is 0 Å². The van der Waals surface area contributed by atoms with Crippen LogP contribution >= 0.6 is 0 Å². The minimum atomic E-state index is -0.573. The van der Waals surface area contributed by atoms with Gasteiger partial charge in [0.05, 0.1) is 18.0 Å². The van der Waals surface area contributed by atoms with Crippen LogP contribution in [0.1, 0.15) is 46.5 Å². The Balaban J connectivity index is 2.36. The zero-order chi connectivity index (χ0) is 16.8. The van der Waals surface area contributed by atoms with E-state index in [1.54, 1.807) is 4.90 Å². The maximum Gasteiger partial charge on any atom is 0.329 e. The Morgan fingerprint density at radius 2 is 2.00 bits per heavy atom. The maximum absolute atomic E-state index is 12.9. The number of hydrogen-bond donors (Lipinski definition) is 1. The predicted molar refractivity (Wildman–Crippen MR) is 91.6 cm³/mol. The summed E-state index contributed by atoms with van der Waals surface area (Å²) in [7, 11) is 0. The second kappa shape index (κ2) is 7.99. The average molecular weight is 318 g/mol. The fourth-order valence-electron chi connectivity index (χ4n) is 2.90. The fraction of sp³-hybridized carbons (Fsp3) is 0.556. The summed E-state index contributed by atoms with van der Waals surface area (Å²) in [5.74, 6) is -0.375. The van der Waals surface area contributed by atoms with Gasteiger partial charge in [0.15, 0.2) is 0 Å². The molecule has 5 nitrogen and oxygen atoms in total. The van der Waals surface area contributed by atoms with Gasteiger partial charge in [-0.3, -0.25) is 9.69 Å². The van der Waals surface area contributed by atoms with Gasteiger partial charge in [-0.05, 0) is 31.4 Å². The summed E-state index contributed by atoms with van der Waals surface area (Å²) in [6.07, 6.45) is 2.94. The van der Waals surface area contributed by atoms with Crippen LogP contribution in [-0.2, 0) is 14.3 Å². The number of nitrogens with one attached hydrogen (secondary N) is 1. The molecule has 1 aromatic carbocycles. The van der Waals surface area contributed by atoms with Crippen LogP contribution in [0.4, 0.5) is 11.4 Å². The summed E-state index contributed by atoms with van der Waals surface area (Å²) in [5, 5.41) is 3.30. The van der Waals surface area contributed by atoms with Crippen LogP contribution in [-0.4, -0.2) is 30.6 Å². The number of carbonyl (C=O) groups excluding carboxylic acids is 2. The monoisotopic (exact) mass is 318 g/mol. The maximum atomic E-state index is 12.9. The molecule has 2 atom stereocenters. The van der Waals surface area contributed by atoms with E-state index < -0.39 is 6.04 Å². The molecule has 5 heteroatoms. The van der Waals surface area contributed by atoms with E-state index in [0.29, 0.717) is 13.0 Å². The normalized spacial score (nSPS) is 18.1. The third-order valence-corrected chi connectivity index (χ3v) is 4.03. The van der Waals surface area contributed by atoms with Crippen molar-refractivity contribution in [2.45, 2.75) is 58.5 Å². The second-order valence-electron chi connectivity index (χ2n) is 5.80. The molecule has 2 unspecified atom stereocenters. The molecule has 1 heterocycles. The number of nitrogens with zero attached hydrogens (tertiary/aromatic N) is 1. The summed E-state index contributed by atoms with van der Waals surface area (Å²) >= 11 is 0. The number of benzene rings is 1. The molecule has 1 amide bonds. The van der Waals surface area contributed by atoms with Crippen LogP contribution < -0.4 is 10.2 Å². The second-order valence-corrected chi connectivity index (χ2v) is 5.80. The first-order valence-corrected chi connectivity index (χ1v) is 8.49. The van der Waals surface area contributed by atoms with Crippen LogP contribution in [0.2, 0.25) is 0 Å². The van der Waals surface area contributed by atoms with E-state index in [2.05, 4.69) is 5.32 Å². The lowest BCUT2D eigenvalue weighted by atomic mass is 10.0. The molecule has 1 N–H and O–H groups in total. The summed E-state index contributed by atoms with van der Waals surface area (Å²) in [4.78, 5) is 27.0. The lowest BCUT2D eigenvalue weighted by Crippen LogP contribution is -2.54. The number of rotatable bonds is 7. The molecule has 1 aromatic rings. The standard InChI is InChI=1S/C18H26N2O3/c1-4-9-14-17(21)20(15(6-3)18(22)23-12-5-2)16-11-8-7-10-13(16)19-14/h7-8,10-11,14-15,19H,4-6,9,12H2,1-3H3. The Kier molecular flexibility index (Phi) is 6.02. The van der Waals surface area contributed by atoms with Crippen LogP contribution in [0, 0.1) is 0 Å². The van der Waals surface area contributed by atoms with Crippen molar-refractivity contribution in [2.75, 3.05) is 16.8 Å². The number of amides is 1. The average Bonchev–Trinajstić information content (AvgIpc) is 2.56. The van der Waals surface area contributed by atoms with Crippen LogP contribution in [0.3, 0.4) is 0 Å². The lowest BCUT2D eigenvalue weighted by molar-refractivity contribution is -0.146. The fourth-order valence-corrected chi connectivity index (χ4v) is 2.90. The SMILES string of the molecule is CCCOC(=O)C(CC)N1C(=O)C(CCC)Nc2ccccc21. The van der Waals surface area contributed by atoms with Gasteiger partial charge >= 0.3 is 5.97 Å². The van der Waals surface area contributed by atoms with E-state index in [9.17, 15) is 9.59 Å². The highest BCUT2D eigenvalue weighted by Crippen LogP contribution is 2.34. The minimum Gasteiger partial charge on any atom is -0.464 e. The first-order chi connectivity index (χ1) is 11.1. The zero-order valence-corrected chi connectivity index (χ0v) is 14.2. The Morgan fingerprint density at radius 3 is 2.65 bits per heavy atom. The van der Waals surface area contributed by atoms with E-state index in [1.165, 1.54) is 0 Å². The molecule has 0 fully saturated rings. The van der Waals surface area contributed by atoms with E-state index in [0.717, 1.165) is 30.6 Å². The highest BCUT2D eigenvalue weighted by atomic mass is 16.5. The Bertz CT molecular complexity index is 559. The zero-order valence-electron chi connectivity index (χ0n) is 14.2. The van der Waals surface area contributed by atoms with Gasteiger partial charge in [0, 0.05) is 0 Å². The minimum absolute atomic E-state index is 0.0501. The van der Waals surface area contributed by atoms with Crippen molar-refractivity contribution >= 4 is 23.3 Å². The molecule has 1 aliphatic rings. The molecule has 0 spiro atoms. The summed E-state index contributed by atoms with van der Waals surface area (Å²) in [5.41, 5.74) is 1.65. The largest absolute Gasteiger partial charge is 0.464 e. The van der Waals surface area contributed by atoms with E-state index in [4.69, 9.17) is 4.74 Å². The van der Waals surface area contributed by atoms with Crippen molar-refractivity contribution in [1.29, 1.82) is 0 Å². The molecule has 0 bridgehead atoms. The highest BCUT2D eigenvalue weighted by Gasteiger charge is 2.38. The summed E-state index contributed by atoms with van der Waals surface area (Å²) in [6, 6.07) is 6.77. The molecule has 0 aliphatic carbocycles. The third kappa shape index (κ3) is 3.66. The molecule has 0 radical (unpaired) electrons. The Labute approximate surface area is 138 Å². The van der Waals surface area contributed by atoms with E-state index in [-0.39, 0.29) is 17.9 Å². The van der Waals surface area contributed by atoms with Gasteiger partial charge in [-0.2, -0.15) is 0 Å². The van der Waals surface area contributed by atoms with Crippen LogP contribution in [0.25, 0.3) is 0 Å². The number of para-hydroxylation sites is 2. The molecule has 126 valence electrons. The summed E-state index contributed by atoms with van der Waals surface area (Å²) in [6.45, 7) is 6.30. The van der Waals surface area contributed by atoms with Crippen molar-refractivity contribution < 1.29 is 14.3 Å².